The lowest BCUT2D eigenvalue weighted by molar-refractivity contribution is -0.143. The van der Waals surface area contributed by atoms with E-state index in [4.69, 9.17) is 10.5 Å². The zero-order valence-electron chi connectivity index (χ0n) is 21.0. The Morgan fingerprint density at radius 2 is 1.79 bits per heavy atom. The Labute approximate surface area is 208 Å². The van der Waals surface area contributed by atoms with E-state index in [-0.39, 0.29) is 34.1 Å². The van der Waals surface area contributed by atoms with Gasteiger partial charge in [0.25, 0.3) is 0 Å². The number of carbonyl (C=O) groups is 3. The van der Waals surface area contributed by atoms with E-state index >= 15 is 0 Å². The number of hydrogen-bond acceptors (Lipinski definition) is 8. The summed E-state index contributed by atoms with van der Waals surface area (Å²) in [7, 11) is 1.44. The van der Waals surface area contributed by atoms with E-state index in [1.54, 1.807) is 11.8 Å². The minimum atomic E-state index is -0.630. The Bertz CT molecular complexity index is 628. The third-order valence-corrected chi connectivity index (χ3v) is 8.74. The van der Waals surface area contributed by atoms with Gasteiger partial charge in [0, 0.05) is 35.3 Å². The van der Waals surface area contributed by atoms with Gasteiger partial charge in [-0.3, -0.25) is 19.7 Å². The van der Waals surface area contributed by atoms with Crippen molar-refractivity contribution in [2.75, 3.05) is 31.0 Å². The fourth-order valence-corrected chi connectivity index (χ4v) is 5.63. The summed E-state index contributed by atoms with van der Waals surface area (Å²) in [6.07, 6.45) is 7.08. The molecular weight excluding hydrogens is 460 g/mol. The number of thioether (sulfide) groups is 2. The molecule has 1 aliphatic carbocycles. The van der Waals surface area contributed by atoms with Crippen LogP contribution in [0.3, 0.4) is 0 Å². The lowest BCUT2D eigenvalue weighted by Gasteiger charge is -2.41. The predicted molar refractivity (Wildman–Crippen MR) is 138 cm³/mol. The summed E-state index contributed by atoms with van der Waals surface area (Å²) in [5.74, 6) is 0.989. The molecule has 1 fully saturated rings. The molecule has 1 saturated carbocycles. The van der Waals surface area contributed by atoms with Gasteiger partial charge in [0.2, 0.25) is 11.8 Å². The number of nitrogens with one attached hydrogen (secondary N) is 3. The third-order valence-electron chi connectivity index (χ3n) is 6.23. The Morgan fingerprint density at radius 1 is 1.12 bits per heavy atom. The number of esters is 1. The molecule has 1 aliphatic rings. The number of ether oxygens (including phenoxy) is 1. The van der Waals surface area contributed by atoms with Crippen molar-refractivity contribution in [2.24, 2.45) is 5.73 Å². The van der Waals surface area contributed by atoms with Crippen molar-refractivity contribution < 1.29 is 19.1 Å². The molecule has 1 rings (SSSR count). The molecular formula is C23H44N4O4S2. The van der Waals surface area contributed by atoms with Gasteiger partial charge in [-0.25, -0.2) is 0 Å². The molecule has 0 aromatic heterocycles. The fraction of sp³-hybridized carbons (Fsp3) is 0.870. The average molecular weight is 505 g/mol. The molecule has 2 amide bonds. The lowest BCUT2D eigenvalue weighted by Crippen LogP contribution is -2.57. The second-order valence-electron chi connectivity index (χ2n) is 9.38. The van der Waals surface area contributed by atoms with Gasteiger partial charge in [-0.15, -0.1) is 11.8 Å². The minimum Gasteiger partial charge on any atom is -0.468 e. The summed E-state index contributed by atoms with van der Waals surface area (Å²) >= 11 is 3.20. The normalized spacial score (nSPS) is 17.6. The van der Waals surface area contributed by atoms with Gasteiger partial charge in [0.1, 0.15) is 6.04 Å². The van der Waals surface area contributed by atoms with Crippen LogP contribution in [0.2, 0.25) is 0 Å². The maximum Gasteiger partial charge on any atom is 0.323 e. The quantitative estimate of drug-likeness (QED) is 0.152. The minimum absolute atomic E-state index is 0.0930. The number of hydrogen-bond donors (Lipinski definition) is 4. The van der Waals surface area contributed by atoms with Crippen LogP contribution in [0.4, 0.5) is 0 Å². The van der Waals surface area contributed by atoms with Crippen molar-refractivity contribution in [3.8, 4) is 0 Å². The Hall–Kier alpha value is -0.970. The molecule has 33 heavy (non-hydrogen) atoms. The smallest absolute Gasteiger partial charge is 0.323 e. The second-order valence-corrected chi connectivity index (χ2v) is 12.1. The van der Waals surface area contributed by atoms with Crippen molar-refractivity contribution in [3.05, 3.63) is 0 Å². The molecule has 8 nitrogen and oxygen atoms in total. The standard InChI is InChI=1S/C23H44N4O4S2/c1-6-22(3,4)33-15-19(21(30)31-5)27-23(10-8-7-9-11-23)12-13-25-20(29)18(24)14-32-16-26-17(2)28/h18-19,27H,6-16,24H2,1-5H3,(H,25,29)(H,26,28). The van der Waals surface area contributed by atoms with Gasteiger partial charge in [-0.05, 0) is 25.7 Å². The fourth-order valence-electron chi connectivity index (χ4n) is 3.76. The summed E-state index contributed by atoms with van der Waals surface area (Å²) in [5, 5.41) is 9.29. The first-order valence-corrected chi connectivity index (χ1v) is 14.0. The lowest BCUT2D eigenvalue weighted by atomic mass is 9.78. The number of nitrogens with two attached hydrogens (primary N) is 1. The van der Waals surface area contributed by atoms with Gasteiger partial charge in [0.05, 0.1) is 19.0 Å². The molecule has 0 radical (unpaired) electrons. The van der Waals surface area contributed by atoms with Crippen LogP contribution in [0.1, 0.15) is 72.6 Å². The zero-order valence-corrected chi connectivity index (χ0v) is 22.6. The van der Waals surface area contributed by atoms with Gasteiger partial charge < -0.3 is 21.1 Å². The molecule has 10 heteroatoms. The number of amides is 2. The van der Waals surface area contributed by atoms with Crippen LogP contribution < -0.4 is 21.7 Å². The molecule has 0 bridgehead atoms. The molecule has 0 spiro atoms. The molecule has 2 unspecified atom stereocenters. The average Bonchev–Trinajstić information content (AvgIpc) is 2.79. The summed E-state index contributed by atoms with van der Waals surface area (Å²) in [4.78, 5) is 35.9. The first kappa shape index (κ1) is 30.1. The van der Waals surface area contributed by atoms with Crippen LogP contribution in [0.15, 0.2) is 0 Å². The van der Waals surface area contributed by atoms with Crippen molar-refractivity contribution in [3.63, 3.8) is 0 Å². The van der Waals surface area contributed by atoms with Crippen LogP contribution >= 0.6 is 23.5 Å². The van der Waals surface area contributed by atoms with Crippen LogP contribution in [-0.4, -0.2) is 71.2 Å². The van der Waals surface area contributed by atoms with Crippen molar-refractivity contribution in [1.29, 1.82) is 0 Å². The predicted octanol–water partition coefficient (Wildman–Crippen LogP) is 2.40. The third kappa shape index (κ3) is 11.8. The van der Waals surface area contributed by atoms with Gasteiger partial charge in [-0.2, -0.15) is 11.8 Å². The molecule has 5 N–H and O–H groups in total. The highest BCUT2D eigenvalue weighted by molar-refractivity contribution is 8.00. The maximum atomic E-state index is 12.6. The number of methoxy groups -OCH3 is 1. The van der Waals surface area contributed by atoms with Crippen molar-refractivity contribution >= 4 is 41.3 Å². The van der Waals surface area contributed by atoms with Gasteiger partial charge in [-0.1, -0.05) is 40.0 Å². The van der Waals surface area contributed by atoms with Gasteiger partial charge >= 0.3 is 5.97 Å². The largest absolute Gasteiger partial charge is 0.468 e. The summed E-state index contributed by atoms with van der Waals surface area (Å²) in [5.41, 5.74) is 5.79. The van der Waals surface area contributed by atoms with E-state index in [0.717, 1.165) is 38.5 Å². The van der Waals surface area contributed by atoms with E-state index in [1.165, 1.54) is 32.2 Å². The SMILES string of the molecule is CCC(C)(C)SCC(NC1(CCNC(=O)C(N)CSCNC(C)=O)CCCCC1)C(=O)OC. The molecule has 2 atom stereocenters. The maximum absolute atomic E-state index is 12.6. The highest BCUT2D eigenvalue weighted by Gasteiger charge is 2.37. The van der Waals surface area contributed by atoms with Gasteiger partial charge in [0.15, 0.2) is 0 Å². The van der Waals surface area contributed by atoms with E-state index in [9.17, 15) is 14.4 Å². The Morgan fingerprint density at radius 3 is 2.36 bits per heavy atom. The molecule has 0 heterocycles. The van der Waals surface area contributed by atoms with E-state index in [0.29, 0.717) is 23.9 Å². The summed E-state index contributed by atoms with van der Waals surface area (Å²) < 4.78 is 5.20. The highest BCUT2D eigenvalue weighted by Crippen LogP contribution is 2.33. The van der Waals surface area contributed by atoms with Crippen LogP contribution in [0, 0.1) is 0 Å². The Kier molecular flexibility index (Phi) is 13.8. The second kappa shape index (κ2) is 15.1. The highest BCUT2D eigenvalue weighted by atomic mass is 32.2. The monoisotopic (exact) mass is 504 g/mol. The molecule has 0 aromatic rings. The topological polar surface area (TPSA) is 123 Å². The molecule has 0 aromatic carbocycles. The summed E-state index contributed by atoms with van der Waals surface area (Å²) in [6.45, 7) is 8.49. The Balaban J connectivity index is 2.66. The number of rotatable bonds is 15. The van der Waals surface area contributed by atoms with Crippen LogP contribution in [0.5, 0.6) is 0 Å². The zero-order chi connectivity index (χ0) is 24.9. The molecule has 0 aliphatic heterocycles. The molecule has 192 valence electrons. The van der Waals surface area contributed by atoms with Crippen LogP contribution in [-0.2, 0) is 19.1 Å². The van der Waals surface area contributed by atoms with E-state index < -0.39 is 6.04 Å². The van der Waals surface area contributed by atoms with E-state index in [2.05, 4.69) is 36.7 Å². The first-order chi connectivity index (χ1) is 15.5. The van der Waals surface area contributed by atoms with E-state index in [1.807, 2.05) is 0 Å². The summed E-state index contributed by atoms with van der Waals surface area (Å²) in [6, 6.07) is -1.01. The first-order valence-electron chi connectivity index (χ1n) is 11.9. The van der Waals surface area contributed by atoms with Crippen molar-refractivity contribution in [2.45, 2.75) is 95.0 Å². The van der Waals surface area contributed by atoms with Crippen LogP contribution in [0.25, 0.3) is 0 Å². The molecule has 0 saturated heterocycles. The van der Waals surface area contributed by atoms with Crippen molar-refractivity contribution in [1.82, 2.24) is 16.0 Å². The number of carbonyl (C=O) groups excluding carboxylic acids is 3.